The van der Waals surface area contributed by atoms with Crippen molar-refractivity contribution in [1.29, 1.82) is 0 Å². The van der Waals surface area contributed by atoms with E-state index in [2.05, 4.69) is 16.1 Å². The van der Waals surface area contributed by atoms with Crippen LogP contribution < -0.4 is 16.1 Å². The fourth-order valence-corrected chi connectivity index (χ4v) is 17.9. The van der Waals surface area contributed by atoms with Crippen molar-refractivity contribution >= 4 is 141 Å². The summed E-state index contributed by atoms with van der Waals surface area (Å²) in [6.45, 7) is 17.2. The molecule has 3 aromatic heterocycles. The molecule has 15 rings (SSSR count). The zero-order chi connectivity index (χ0) is 88.6. The molecule has 0 spiro atoms. The first-order chi connectivity index (χ1) is 59.1. The van der Waals surface area contributed by atoms with Crippen molar-refractivity contribution in [2.24, 2.45) is 11.8 Å². The maximum atomic E-state index is 13.9. The summed E-state index contributed by atoms with van der Waals surface area (Å²) in [5, 5.41) is 25.1. The fraction of sp³-hybridized carbons (Fsp3) is 0.387. The summed E-state index contributed by atoms with van der Waals surface area (Å²) in [7, 11) is 1.32. The van der Waals surface area contributed by atoms with Crippen LogP contribution in [0.1, 0.15) is 221 Å². The van der Waals surface area contributed by atoms with Crippen LogP contribution in [0, 0.1) is 29.3 Å². The van der Waals surface area contributed by atoms with Crippen LogP contribution in [0.4, 0.5) is 27.6 Å². The van der Waals surface area contributed by atoms with Crippen LogP contribution in [0.2, 0.25) is 30.1 Å². The SMILES string of the molecule is CC(C)(C)OC(=O)N1C/C(=C\c2ccc(F)cc2)c2c(c(C(=O)NN3CCCCC3)nn2-c2ccc(Cl)cc2Cl)C1.COC(=O)N1C/C(=C\c2ccc(F)cc2)c2c(c(C(=O)N[C@@H](C)C3CCCCC3)nn2-c2ccc(Cl)cc2Cl)C1.C[C@@H](NC(=O)c1nn(-c2ccc(Cl)cc2Cl)c2c1CN(C(=O)OC(C)(C)C)C/C2=C\c1ccc(F)cc1)C1CCCCC1. The van der Waals surface area contributed by atoms with Crippen molar-refractivity contribution in [3.63, 3.8) is 0 Å². The number of carbonyl (C=O) groups excluding carboxylic acids is 6. The Labute approximate surface area is 749 Å². The summed E-state index contributed by atoms with van der Waals surface area (Å²) in [5.41, 5.74) is 11.6. The van der Waals surface area contributed by atoms with Crippen molar-refractivity contribution in [3.05, 3.63) is 243 Å². The van der Waals surface area contributed by atoms with Gasteiger partial charge in [0.05, 0.1) is 95.6 Å². The number of fused-ring (bicyclic) bond motifs is 3. The van der Waals surface area contributed by atoms with Crippen LogP contribution in [-0.4, -0.2) is 148 Å². The van der Waals surface area contributed by atoms with Crippen molar-refractivity contribution in [2.45, 2.75) is 182 Å². The van der Waals surface area contributed by atoms with E-state index in [0.29, 0.717) is 115 Å². The number of carbonyl (C=O) groups is 6. The molecule has 1 saturated heterocycles. The number of piperidine rings is 1. The maximum Gasteiger partial charge on any atom is 0.410 e. The quantitative estimate of drug-likeness (QED) is 0.0861. The molecule has 6 aromatic carbocycles. The van der Waals surface area contributed by atoms with E-state index in [0.717, 1.165) is 94.8 Å². The van der Waals surface area contributed by atoms with Crippen molar-refractivity contribution in [2.75, 3.05) is 39.8 Å². The zero-order valence-electron chi connectivity index (χ0n) is 70.6. The van der Waals surface area contributed by atoms with Crippen LogP contribution in [-0.2, 0) is 33.8 Å². The van der Waals surface area contributed by atoms with E-state index in [1.807, 2.05) is 57.9 Å². The number of halogens is 9. The second-order valence-corrected chi connectivity index (χ2v) is 36.6. The van der Waals surface area contributed by atoms with Crippen LogP contribution in [0.3, 0.4) is 0 Å². The number of amides is 6. The Morgan fingerprint density at radius 1 is 0.411 bits per heavy atom. The maximum absolute atomic E-state index is 13.9. The Hall–Kier alpha value is -10.1. The van der Waals surface area contributed by atoms with Gasteiger partial charge >= 0.3 is 18.3 Å². The first kappa shape index (κ1) is 91.6. The third-order valence-corrected chi connectivity index (χ3v) is 24.1. The van der Waals surface area contributed by atoms with Gasteiger partial charge in [0.15, 0.2) is 17.1 Å². The lowest BCUT2D eigenvalue weighted by Crippen LogP contribution is -2.45. The van der Waals surface area contributed by atoms with Gasteiger partial charge in [0.2, 0.25) is 0 Å². The first-order valence-corrected chi connectivity index (χ1v) is 44.0. The third-order valence-electron chi connectivity index (χ3n) is 22.5. The first-order valence-electron chi connectivity index (χ1n) is 41.7. The molecule has 31 heteroatoms. The van der Waals surface area contributed by atoms with Gasteiger partial charge in [-0.25, -0.2) is 46.6 Å². The molecule has 124 heavy (non-hydrogen) atoms. The fourth-order valence-electron chi connectivity index (χ4n) is 16.4. The van der Waals surface area contributed by atoms with Gasteiger partial charge in [0.1, 0.15) is 28.7 Å². The van der Waals surface area contributed by atoms with Gasteiger partial charge in [0.25, 0.3) is 17.7 Å². The Bertz CT molecular complexity index is 5550. The molecule has 654 valence electrons. The number of methoxy groups -OCH3 is 1. The van der Waals surface area contributed by atoms with Crippen LogP contribution in [0.25, 0.3) is 52.0 Å². The number of hydrogen-bond acceptors (Lipinski definition) is 13. The topological polar surface area (TPSA) is 233 Å². The highest BCUT2D eigenvalue weighted by atomic mass is 35.5. The molecule has 6 amide bonds. The van der Waals surface area contributed by atoms with Gasteiger partial charge in [-0.2, -0.15) is 15.3 Å². The van der Waals surface area contributed by atoms with Gasteiger partial charge in [-0.05, 0) is 248 Å². The van der Waals surface area contributed by atoms with Crippen LogP contribution in [0.15, 0.2) is 127 Å². The molecule has 0 radical (unpaired) electrons. The van der Waals surface area contributed by atoms with Crippen molar-refractivity contribution in [1.82, 2.24) is 65.1 Å². The summed E-state index contributed by atoms with van der Waals surface area (Å²) in [4.78, 5) is 85.4. The molecule has 0 bridgehead atoms. The van der Waals surface area contributed by atoms with E-state index in [1.54, 1.807) is 131 Å². The normalized spacial score (nSPS) is 17.3. The van der Waals surface area contributed by atoms with E-state index >= 15 is 0 Å². The molecule has 2 saturated carbocycles. The monoisotopic (exact) mass is 1810 g/mol. The average molecular weight is 1810 g/mol. The number of nitrogens with one attached hydrogen (secondary N) is 3. The molecule has 3 fully saturated rings. The number of hydrazine groups is 1. The number of nitrogens with zero attached hydrogens (tertiary/aromatic N) is 10. The number of aromatic nitrogens is 6. The van der Waals surface area contributed by atoms with Gasteiger partial charge in [0, 0.05) is 56.9 Å². The summed E-state index contributed by atoms with van der Waals surface area (Å²) >= 11 is 38.5. The van der Waals surface area contributed by atoms with Crippen LogP contribution in [0.5, 0.6) is 0 Å². The van der Waals surface area contributed by atoms with E-state index in [1.165, 1.54) is 66.1 Å². The van der Waals surface area contributed by atoms with Gasteiger partial charge in [-0.1, -0.05) is 151 Å². The highest BCUT2D eigenvalue weighted by Gasteiger charge is 2.41. The lowest BCUT2D eigenvalue weighted by Gasteiger charge is -2.32. The van der Waals surface area contributed by atoms with Gasteiger partial charge in [-0.15, -0.1) is 0 Å². The van der Waals surface area contributed by atoms with E-state index in [9.17, 15) is 41.9 Å². The highest BCUT2D eigenvalue weighted by molar-refractivity contribution is 6.37. The second-order valence-electron chi connectivity index (χ2n) is 34.0. The van der Waals surface area contributed by atoms with Crippen LogP contribution >= 0.6 is 69.6 Å². The molecule has 9 aromatic rings. The Balaban J connectivity index is 0.000000160. The van der Waals surface area contributed by atoms with Gasteiger partial charge in [-0.3, -0.25) is 34.5 Å². The van der Waals surface area contributed by atoms with Crippen molar-refractivity contribution < 1.29 is 56.1 Å². The summed E-state index contributed by atoms with van der Waals surface area (Å²) in [5.74, 6) is -1.27. The average Bonchev–Trinajstić information content (AvgIpc) is 1.57. The standard InChI is InChI=1S/C33H37Cl2FN4O3.C30H32Cl2FN5O3.C30H31Cl2FN4O3/c1-20(22-8-6-5-7-9-22)37-31(41)29-26-19-39(32(42)43-33(2,3)4)18-23(16-21-10-13-25(36)14-11-21)30(26)40(38-29)28-15-12-24(34)17-27(28)35;1-30(2,3)41-29(40)36-17-20(15-19-7-10-22(33)11-8-19)27-23(18-36)26(28(39)35-37-13-5-4-6-14-37)34-38(27)25-12-9-21(31)16-24(25)32;1-18(20-6-4-3-5-7-20)34-29(38)27-24-17-36(30(39)40-2)16-21(14-19-8-11-23(33)12-9-19)28(24)37(35-27)26-13-10-22(31)15-25(26)32/h10-17,20,22H,5-9,18-19H2,1-4H3,(H,37,41);7-12,15-16H,4-6,13-14,17-18H2,1-3H3,(H,35,39);8-15,18,20H,3-7,16-17H2,1-2H3,(H,34,38)/b23-16+;20-15+;21-14+/t20-;;18-/m1.0/s1. The molecule has 7 heterocycles. The summed E-state index contributed by atoms with van der Waals surface area (Å²) in [6, 6.07) is 33.3. The number of benzene rings is 6. The molecule has 2 atom stereocenters. The zero-order valence-corrected chi connectivity index (χ0v) is 75.1. The molecule has 4 aliphatic heterocycles. The molecule has 0 unspecified atom stereocenters. The molecule has 3 N–H and O–H groups in total. The molecule has 2 aliphatic carbocycles. The largest absolute Gasteiger partial charge is 0.453 e. The van der Waals surface area contributed by atoms with Gasteiger partial charge < -0.3 is 24.8 Å². The predicted octanol–water partition coefficient (Wildman–Crippen LogP) is 22.2. The minimum Gasteiger partial charge on any atom is -0.453 e. The highest BCUT2D eigenvalue weighted by Crippen LogP contribution is 2.42. The minimum absolute atomic E-state index is 0.0257. The molecule has 22 nitrogen and oxygen atoms in total. The Morgan fingerprint density at radius 3 is 1.01 bits per heavy atom. The molecular formula is C93H100Cl6F3N13O9. The predicted molar refractivity (Wildman–Crippen MR) is 480 cm³/mol. The summed E-state index contributed by atoms with van der Waals surface area (Å²) < 4.78 is 62.4. The van der Waals surface area contributed by atoms with E-state index < -0.39 is 29.5 Å². The Kier molecular flexibility index (Phi) is 29.6. The number of rotatable bonds is 14. The van der Waals surface area contributed by atoms with E-state index in [4.69, 9.17) is 99.1 Å². The summed E-state index contributed by atoms with van der Waals surface area (Å²) in [6.07, 6.45) is 18.5. The number of ether oxygens (including phenoxy) is 3. The van der Waals surface area contributed by atoms with E-state index in [-0.39, 0.29) is 104 Å². The lowest BCUT2D eigenvalue weighted by molar-refractivity contribution is 0.0244. The minimum atomic E-state index is -0.715. The smallest absolute Gasteiger partial charge is 0.410 e. The number of hydrogen-bond donors (Lipinski definition) is 3. The molecular weight excluding hydrogens is 1710 g/mol. The van der Waals surface area contributed by atoms with Crippen molar-refractivity contribution in [3.8, 4) is 17.1 Å². The third kappa shape index (κ3) is 22.6. The molecule has 6 aliphatic rings. The Morgan fingerprint density at radius 2 is 0.710 bits per heavy atom. The second kappa shape index (κ2) is 40.0. The lowest BCUT2D eigenvalue weighted by atomic mass is 9.84.